The summed E-state index contributed by atoms with van der Waals surface area (Å²) >= 11 is 0. The molecular formula is H2BaCrCuMgMnO. The molecule has 0 aromatic rings. The molecule has 0 N–H and O–H groups in total. The van der Waals surface area contributed by atoms with Crippen LogP contribution in [-0.4, -0.2) is 71.9 Å². The molecule has 0 aromatic carbocycles. The number of hydrogen-bond acceptors (Lipinski definition) is 0. The van der Waals surface area contributed by atoms with Crippen LogP contribution in [0.15, 0.2) is 0 Å². The molecule has 0 amide bonds. The average molecular weight is 350 g/mol. The fourth-order valence-corrected chi connectivity index (χ4v) is 0. The van der Waals surface area contributed by atoms with Gasteiger partial charge >= 0.3 is 71.9 Å². The number of rotatable bonds is 0. The van der Waals surface area contributed by atoms with Gasteiger partial charge in [-0.15, -0.1) is 0 Å². The van der Waals surface area contributed by atoms with Gasteiger partial charge < -0.3 is 8.33 Å². The van der Waals surface area contributed by atoms with E-state index in [0.29, 0.717) is 0 Å². The Morgan fingerprint density at radius 2 is 1.17 bits per heavy atom. The van der Waals surface area contributed by atoms with Crippen molar-refractivity contribution in [2.45, 2.75) is 0 Å². The fraction of sp³-hybridized carbons (Fsp3) is 0. The fourth-order valence-electron chi connectivity index (χ4n) is 0. The van der Waals surface area contributed by atoms with Gasteiger partial charge in [0.15, 0.2) is 0 Å². The second-order valence-electron chi connectivity index (χ2n) is 0. The van der Waals surface area contributed by atoms with Gasteiger partial charge in [0.1, 0.15) is 0 Å². The van der Waals surface area contributed by atoms with E-state index in [4.69, 9.17) is 0 Å². The summed E-state index contributed by atoms with van der Waals surface area (Å²) in [4.78, 5) is 0. The Kier molecular flexibility index (Phi) is 317. The van der Waals surface area contributed by atoms with E-state index in [9.17, 15) is 0 Å². The normalized spacial score (nSPS) is 0. The average Bonchev–Trinajstić information content (AvgIpc) is 0. The molecule has 0 unspecified atom stereocenters. The third-order valence-electron chi connectivity index (χ3n) is 0. The van der Waals surface area contributed by atoms with E-state index >= 15 is 0 Å². The van der Waals surface area contributed by atoms with Crippen molar-refractivity contribution >= 4 is 71.9 Å². The van der Waals surface area contributed by atoms with E-state index in [1.807, 2.05) is 0 Å². The van der Waals surface area contributed by atoms with Crippen LogP contribution in [0.1, 0.15) is 2.85 Å². The van der Waals surface area contributed by atoms with Crippen molar-refractivity contribution in [1.82, 2.24) is 0 Å². The molecule has 0 aromatic heterocycles. The summed E-state index contributed by atoms with van der Waals surface area (Å²) in [5, 5.41) is 0. The zero-order valence-corrected chi connectivity index (χ0v) is 12.2. The van der Waals surface area contributed by atoms with E-state index in [1.54, 1.807) is 0 Å². The topological polar surface area (TPSA) is 28.5 Å². The Bertz CT molecular complexity index is 22.0. The van der Waals surface area contributed by atoms with E-state index in [0.717, 1.165) is 0 Å². The maximum absolute atomic E-state index is 0. The van der Waals surface area contributed by atoms with E-state index in [-0.39, 0.29) is 132 Å². The molecule has 1 nitrogen and oxygen atoms in total. The first-order valence-electron chi connectivity index (χ1n) is 0. The van der Waals surface area contributed by atoms with Gasteiger partial charge in [-0.05, 0) is 0 Å². The van der Waals surface area contributed by atoms with Crippen LogP contribution in [-0.2, 0) is 57.0 Å². The van der Waals surface area contributed by atoms with Gasteiger partial charge in [0, 0.05) is 51.5 Å². The van der Waals surface area contributed by atoms with Crippen LogP contribution in [0.2, 0.25) is 0 Å². The zero-order chi connectivity index (χ0) is 0. The molecule has 0 aliphatic heterocycles. The summed E-state index contributed by atoms with van der Waals surface area (Å²) < 4.78 is 0. The van der Waals surface area contributed by atoms with Crippen LogP contribution in [0.25, 0.3) is 0 Å². The first-order valence-corrected chi connectivity index (χ1v) is 0. The van der Waals surface area contributed by atoms with Crippen molar-refractivity contribution < 1.29 is 59.8 Å². The molecule has 0 spiro atoms. The monoisotopic (exact) mass is 350 g/mol. The third kappa shape index (κ3) is 24.8. The third-order valence-corrected chi connectivity index (χ3v) is 0. The predicted molar refractivity (Wildman–Crippen MR) is 14.4 cm³/mol. The van der Waals surface area contributed by atoms with Crippen LogP contribution in [0.3, 0.4) is 0 Å². The van der Waals surface area contributed by atoms with Gasteiger partial charge in [-0.25, -0.2) is 0 Å². The van der Waals surface area contributed by atoms with Crippen LogP contribution < -0.4 is 0 Å². The van der Waals surface area contributed by atoms with E-state index in [2.05, 4.69) is 0 Å². The molecule has 6 heteroatoms. The van der Waals surface area contributed by atoms with E-state index in [1.165, 1.54) is 0 Å². The van der Waals surface area contributed by atoms with Crippen molar-refractivity contribution in [3.63, 3.8) is 0 Å². The van der Waals surface area contributed by atoms with Crippen LogP contribution in [0.4, 0.5) is 0 Å². The summed E-state index contributed by atoms with van der Waals surface area (Å²) in [5.41, 5.74) is 0. The Morgan fingerprint density at radius 3 is 1.17 bits per heavy atom. The van der Waals surface area contributed by atoms with Crippen molar-refractivity contribution in [1.29, 1.82) is 0 Å². The summed E-state index contributed by atoms with van der Waals surface area (Å²) in [6.07, 6.45) is 0. The molecule has 0 rings (SSSR count). The quantitative estimate of drug-likeness (QED) is 0.519. The minimum Gasteiger partial charge on any atom is -2.00 e. The molecule has 0 aliphatic carbocycles. The Morgan fingerprint density at radius 1 is 1.17 bits per heavy atom. The van der Waals surface area contributed by atoms with E-state index < -0.39 is 0 Å². The molecule has 0 saturated heterocycles. The van der Waals surface area contributed by atoms with Gasteiger partial charge in [0.25, 0.3) is 0 Å². The molecule has 6 heavy (non-hydrogen) atoms. The molecule has 0 fully saturated rings. The predicted octanol–water partition coefficient (Wildman–Crippen LogP) is -0.663. The summed E-state index contributed by atoms with van der Waals surface area (Å²) in [5.74, 6) is 0. The van der Waals surface area contributed by atoms with Crippen molar-refractivity contribution in [3.05, 3.63) is 0 Å². The molecule has 0 atom stereocenters. The van der Waals surface area contributed by atoms with Gasteiger partial charge in [-0.3, -0.25) is 0 Å². The number of hydrogen-bond donors (Lipinski definition) is 0. The van der Waals surface area contributed by atoms with Gasteiger partial charge in [0.2, 0.25) is 0 Å². The first-order chi connectivity index (χ1) is 0. The zero-order valence-electron chi connectivity index (χ0n) is 4.91. The van der Waals surface area contributed by atoms with Gasteiger partial charge in [0.05, 0.1) is 0 Å². The largest absolute Gasteiger partial charge is 2.00 e. The summed E-state index contributed by atoms with van der Waals surface area (Å²) in [7, 11) is 0. The molecule has 0 bridgehead atoms. The van der Waals surface area contributed by atoms with Crippen LogP contribution in [0.5, 0.6) is 0 Å². The Labute approximate surface area is 129 Å². The van der Waals surface area contributed by atoms with Crippen molar-refractivity contribution in [2.24, 2.45) is 0 Å². The summed E-state index contributed by atoms with van der Waals surface area (Å²) in [6, 6.07) is 0. The van der Waals surface area contributed by atoms with Crippen LogP contribution in [0, 0.1) is 0 Å². The molecule has 0 heterocycles. The van der Waals surface area contributed by atoms with Crippen molar-refractivity contribution in [3.8, 4) is 0 Å². The molecule has 0 saturated carbocycles. The maximum atomic E-state index is 0. The second-order valence-corrected chi connectivity index (χ2v) is 0. The SMILES string of the molecule is [Ba+2].[Cr].[Cu].[H-].[H-].[Mg+2].[Mn].[O-2]. The second kappa shape index (κ2) is 36.7. The standard InChI is InChI=1S/Ba.Cr.Cu.Mg.Mn.O.2H/q+2;;;+2;;-2;2*-1. The minimum absolute atomic E-state index is 0. The molecule has 2 radical (unpaired) electrons. The molecule has 0 aliphatic rings. The van der Waals surface area contributed by atoms with Crippen molar-refractivity contribution in [2.75, 3.05) is 0 Å². The summed E-state index contributed by atoms with van der Waals surface area (Å²) in [6.45, 7) is 0. The minimum atomic E-state index is 0. The van der Waals surface area contributed by atoms with Gasteiger partial charge in [-0.2, -0.15) is 0 Å². The van der Waals surface area contributed by atoms with Crippen LogP contribution >= 0.6 is 0 Å². The van der Waals surface area contributed by atoms with Gasteiger partial charge in [-0.1, -0.05) is 0 Å². The Balaban J connectivity index is 0. The first kappa shape index (κ1) is 51.9. The Hall–Kier alpha value is 3.87. The smallest absolute Gasteiger partial charge is 2.00 e. The molecular weight excluding hydrogens is 348 g/mol. The maximum Gasteiger partial charge on any atom is 2.00 e. The molecule has 36 valence electrons.